The van der Waals surface area contributed by atoms with Gasteiger partial charge in [-0.15, -0.1) is 0 Å². The summed E-state index contributed by atoms with van der Waals surface area (Å²) in [6.45, 7) is 5.67. The Bertz CT molecular complexity index is 240. The lowest BCUT2D eigenvalue weighted by atomic mass is 9.89. The van der Waals surface area contributed by atoms with E-state index in [1.54, 1.807) is 0 Å². The molecule has 0 aliphatic carbocycles. The van der Waals surface area contributed by atoms with Gasteiger partial charge in [-0.3, -0.25) is 0 Å². The van der Waals surface area contributed by atoms with Crippen LogP contribution in [-0.4, -0.2) is 56.0 Å². The van der Waals surface area contributed by atoms with E-state index in [9.17, 15) is 0 Å². The summed E-state index contributed by atoms with van der Waals surface area (Å²) in [4.78, 5) is 2.45. The van der Waals surface area contributed by atoms with Crippen LogP contribution in [0.2, 0.25) is 0 Å². The number of rotatable bonds is 4. The Kier molecular flexibility index (Phi) is 4.42. The minimum atomic E-state index is 0.0194. The van der Waals surface area contributed by atoms with E-state index in [-0.39, 0.29) is 5.60 Å². The maximum Gasteiger partial charge on any atom is 0.0951 e. The fraction of sp³-hybridized carbons (Fsp3) is 1.00. The second-order valence-electron chi connectivity index (χ2n) is 5.73. The smallest absolute Gasteiger partial charge is 0.0951 e. The van der Waals surface area contributed by atoms with Gasteiger partial charge in [-0.2, -0.15) is 0 Å². The molecule has 0 aromatic rings. The molecule has 2 saturated heterocycles. The summed E-state index contributed by atoms with van der Waals surface area (Å²) in [5, 5.41) is 0. The zero-order valence-electron chi connectivity index (χ0n) is 11.2. The Morgan fingerprint density at radius 1 is 1.47 bits per heavy atom. The average molecular weight is 242 g/mol. The number of hydrogen-bond acceptors (Lipinski definition) is 4. The number of nitrogens with two attached hydrogens (primary N) is 1. The molecule has 2 heterocycles. The summed E-state index contributed by atoms with van der Waals surface area (Å²) in [6, 6.07) is 0.922. The highest BCUT2D eigenvalue weighted by atomic mass is 16.6. The second kappa shape index (κ2) is 5.65. The number of hydrogen-bond donors (Lipinski definition) is 1. The van der Waals surface area contributed by atoms with Crippen LogP contribution in [0.4, 0.5) is 0 Å². The molecule has 2 rings (SSSR count). The van der Waals surface area contributed by atoms with Crippen LogP contribution in [0.1, 0.15) is 32.6 Å². The lowest BCUT2D eigenvalue weighted by molar-refractivity contribution is -0.103. The van der Waals surface area contributed by atoms with Crippen molar-refractivity contribution in [2.24, 2.45) is 5.73 Å². The van der Waals surface area contributed by atoms with Crippen LogP contribution in [0.3, 0.4) is 0 Å². The number of ether oxygens (including phenoxy) is 2. The SMILES string of the molecule is CC(N)CCN(C)C1CCOC2(CCOC2)C1. The minimum Gasteiger partial charge on any atom is -0.378 e. The van der Waals surface area contributed by atoms with E-state index in [1.807, 2.05) is 0 Å². The normalized spacial score (nSPS) is 35.6. The molecule has 0 bridgehead atoms. The molecule has 0 aromatic heterocycles. The van der Waals surface area contributed by atoms with E-state index >= 15 is 0 Å². The van der Waals surface area contributed by atoms with E-state index in [2.05, 4.69) is 18.9 Å². The fourth-order valence-corrected chi connectivity index (χ4v) is 2.83. The molecule has 4 heteroatoms. The number of nitrogens with zero attached hydrogens (tertiary/aromatic N) is 1. The predicted molar refractivity (Wildman–Crippen MR) is 68.0 cm³/mol. The van der Waals surface area contributed by atoms with Crippen LogP contribution in [0.25, 0.3) is 0 Å². The highest BCUT2D eigenvalue weighted by Crippen LogP contribution is 2.34. The molecule has 2 aliphatic rings. The Morgan fingerprint density at radius 3 is 2.94 bits per heavy atom. The van der Waals surface area contributed by atoms with Crippen LogP contribution in [0, 0.1) is 0 Å². The van der Waals surface area contributed by atoms with Gasteiger partial charge in [0.1, 0.15) is 0 Å². The molecule has 0 radical (unpaired) electrons. The minimum absolute atomic E-state index is 0.0194. The van der Waals surface area contributed by atoms with Gasteiger partial charge in [-0.1, -0.05) is 0 Å². The van der Waals surface area contributed by atoms with Crippen molar-refractivity contribution in [3.63, 3.8) is 0 Å². The van der Waals surface area contributed by atoms with Crippen LogP contribution < -0.4 is 5.73 Å². The molecule has 4 nitrogen and oxygen atoms in total. The lowest BCUT2D eigenvalue weighted by Gasteiger charge is -2.41. The van der Waals surface area contributed by atoms with E-state index in [1.165, 1.54) is 0 Å². The van der Waals surface area contributed by atoms with Crippen LogP contribution >= 0.6 is 0 Å². The second-order valence-corrected chi connectivity index (χ2v) is 5.73. The van der Waals surface area contributed by atoms with E-state index in [0.29, 0.717) is 12.1 Å². The van der Waals surface area contributed by atoms with Crippen molar-refractivity contribution < 1.29 is 9.47 Å². The monoisotopic (exact) mass is 242 g/mol. The van der Waals surface area contributed by atoms with Gasteiger partial charge >= 0.3 is 0 Å². The zero-order valence-corrected chi connectivity index (χ0v) is 11.2. The van der Waals surface area contributed by atoms with Gasteiger partial charge in [-0.25, -0.2) is 0 Å². The first-order valence-electron chi connectivity index (χ1n) is 6.79. The molecule has 2 N–H and O–H groups in total. The summed E-state index contributed by atoms with van der Waals surface area (Å²) in [6.07, 6.45) is 4.38. The zero-order chi connectivity index (χ0) is 12.3. The fourth-order valence-electron chi connectivity index (χ4n) is 2.83. The van der Waals surface area contributed by atoms with Gasteiger partial charge < -0.3 is 20.1 Å². The van der Waals surface area contributed by atoms with E-state index in [4.69, 9.17) is 15.2 Å². The van der Waals surface area contributed by atoms with Gasteiger partial charge in [0.25, 0.3) is 0 Å². The summed E-state index contributed by atoms with van der Waals surface area (Å²) < 4.78 is 11.5. The molecule has 100 valence electrons. The average Bonchev–Trinajstić information content (AvgIpc) is 2.74. The lowest BCUT2D eigenvalue weighted by Crippen LogP contribution is -2.48. The first kappa shape index (κ1) is 13.3. The molecule has 0 saturated carbocycles. The molecule has 2 aliphatic heterocycles. The summed E-state index contributed by atoms with van der Waals surface area (Å²) >= 11 is 0. The van der Waals surface area contributed by atoms with Gasteiger partial charge in [0.15, 0.2) is 0 Å². The largest absolute Gasteiger partial charge is 0.378 e. The van der Waals surface area contributed by atoms with E-state index in [0.717, 1.165) is 52.0 Å². The van der Waals surface area contributed by atoms with Gasteiger partial charge in [0.2, 0.25) is 0 Å². The first-order chi connectivity index (χ1) is 8.11. The third-order valence-corrected chi connectivity index (χ3v) is 4.09. The molecule has 0 amide bonds. The topological polar surface area (TPSA) is 47.7 Å². The molecular weight excluding hydrogens is 216 g/mol. The van der Waals surface area contributed by atoms with Crippen molar-refractivity contribution in [1.29, 1.82) is 0 Å². The third-order valence-electron chi connectivity index (χ3n) is 4.09. The van der Waals surface area contributed by atoms with Gasteiger partial charge in [-0.05, 0) is 39.8 Å². The maximum atomic E-state index is 5.96. The summed E-state index contributed by atoms with van der Waals surface area (Å²) in [7, 11) is 2.21. The van der Waals surface area contributed by atoms with Crippen molar-refractivity contribution in [2.75, 3.05) is 33.4 Å². The van der Waals surface area contributed by atoms with Crippen molar-refractivity contribution in [3.8, 4) is 0 Å². The molecule has 1 spiro atoms. The van der Waals surface area contributed by atoms with Crippen LogP contribution in [0.5, 0.6) is 0 Å². The molecular formula is C13H26N2O2. The van der Waals surface area contributed by atoms with Crippen LogP contribution in [0.15, 0.2) is 0 Å². The Balaban J connectivity index is 1.84. The van der Waals surface area contributed by atoms with Crippen LogP contribution in [-0.2, 0) is 9.47 Å². The van der Waals surface area contributed by atoms with Gasteiger partial charge in [0.05, 0.1) is 12.2 Å². The van der Waals surface area contributed by atoms with Gasteiger partial charge in [0, 0.05) is 31.7 Å². The molecule has 0 aromatic carbocycles. The summed E-state index contributed by atoms with van der Waals surface area (Å²) in [5.74, 6) is 0. The Labute approximate surface area is 104 Å². The molecule has 3 unspecified atom stereocenters. The van der Waals surface area contributed by atoms with Crippen molar-refractivity contribution >= 4 is 0 Å². The summed E-state index contributed by atoms with van der Waals surface area (Å²) in [5.41, 5.74) is 5.83. The first-order valence-corrected chi connectivity index (χ1v) is 6.79. The quantitative estimate of drug-likeness (QED) is 0.799. The van der Waals surface area contributed by atoms with Crippen molar-refractivity contribution in [3.05, 3.63) is 0 Å². The standard InChI is InChI=1S/C13H26N2O2/c1-11(14)3-6-15(2)12-4-7-17-13(9-12)5-8-16-10-13/h11-12H,3-10,14H2,1-2H3. The van der Waals surface area contributed by atoms with Crippen molar-refractivity contribution in [1.82, 2.24) is 4.90 Å². The van der Waals surface area contributed by atoms with E-state index < -0.39 is 0 Å². The molecule has 2 fully saturated rings. The Hall–Kier alpha value is -0.160. The Morgan fingerprint density at radius 2 is 2.29 bits per heavy atom. The molecule has 17 heavy (non-hydrogen) atoms. The highest BCUT2D eigenvalue weighted by Gasteiger charge is 2.41. The highest BCUT2D eigenvalue weighted by molar-refractivity contribution is 4.93. The maximum absolute atomic E-state index is 5.96. The molecule has 3 atom stereocenters. The predicted octanol–water partition coefficient (Wildman–Crippen LogP) is 0.994. The third kappa shape index (κ3) is 3.41. The van der Waals surface area contributed by atoms with Crippen molar-refractivity contribution in [2.45, 2.75) is 50.3 Å².